The molecule has 0 radical (unpaired) electrons. The molecule has 8 rings (SSSR count). The Balaban J connectivity index is 1.13. The van der Waals surface area contributed by atoms with Crippen LogP contribution in [0.5, 0.6) is 0 Å². The van der Waals surface area contributed by atoms with Crippen molar-refractivity contribution >= 4 is 23.1 Å². The molecule has 342 valence electrons. The summed E-state index contributed by atoms with van der Waals surface area (Å²) in [7, 11) is 9.10. The van der Waals surface area contributed by atoms with E-state index in [4.69, 9.17) is 37.9 Å². The van der Waals surface area contributed by atoms with Gasteiger partial charge in [-0.15, -0.1) is 0 Å². The van der Waals surface area contributed by atoms with Gasteiger partial charge in [0.2, 0.25) is 0 Å². The standard InChI is InChI=1S/C50H71NO11/c1-10-30-17-14-18-40(62-42-20-19-39(51(5)6)27(3)58-42)26(2)45(53)38-24-35-33-21-31(61-50-49(57-9)48(56-8)47(55-7)28(4)59-50)22-34(33)36-23-32(29-15-12-11-13-16-29)46(54)44(36)43(35)37(38)25-41(52)60-30/h11-13,15-16,23-24,26-28,30-31,33-37,39-40,42-44,47-50H,10,14,17-22,25H2,1-9H3/t26-,27-,28+,30+,31+,33-,34-,35+,36?,37-,39+,40+,42+,43-,44?,47+,48-,49-,50+/m1/s1. The van der Waals surface area contributed by atoms with Crippen LogP contribution in [-0.4, -0.2) is 125 Å². The number of hydrogen-bond acceptors (Lipinski definition) is 12. The second-order valence-electron chi connectivity index (χ2n) is 19.5. The number of rotatable bonds is 10. The molecule has 7 aliphatic rings. The summed E-state index contributed by atoms with van der Waals surface area (Å²) < 4.78 is 50.5. The number of ether oxygens (including phenoxy) is 8. The summed E-state index contributed by atoms with van der Waals surface area (Å²) in [5.41, 5.74) is 2.27. The van der Waals surface area contributed by atoms with Gasteiger partial charge in [0.1, 0.15) is 24.4 Å². The summed E-state index contributed by atoms with van der Waals surface area (Å²) in [5.74, 6) is -1.79. The third-order valence-corrected chi connectivity index (χ3v) is 16.0. The molecule has 19 atom stereocenters. The molecular formula is C50H71NO11. The number of methoxy groups -OCH3 is 3. The molecule has 4 aliphatic carbocycles. The largest absolute Gasteiger partial charge is 0.462 e. The zero-order valence-corrected chi connectivity index (χ0v) is 38.3. The van der Waals surface area contributed by atoms with E-state index in [1.54, 1.807) is 21.3 Å². The van der Waals surface area contributed by atoms with Gasteiger partial charge >= 0.3 is 5.97 Å². The van der Waals surface area contributed by atoms with Crippen molar-refractivity contribution in [2.24, 2.45) is 47.3 Å². The fraction of sp³-hybridized carbons (Fsp3) is 0.740. The van der Waals surface area contributed by atoms with Crippen molar-refractivity contribution in [2.45, 2.75) is 153 Å². The van der Waals surface area contributed by atoms with Crippen LogP contribution in [0.2, 0.25) is 0 Å². The maximum absolute atomic E-state index is 15.2. The van der Waals surface area contributed by atoms with Crippen LogP contribution in [0, 0.1) is 47.3 Å². The molecule has 62 heavy (non-hydrogen) atoms. The first-order chi connectivity index (χ1) is 29.9. The highest BCUT2D eigenvalue weighted by atomic mass is 16.7. The number of Topliss-reactive ketones (excluding diaryl/α,β-unsaturated/α-hetero) is 2. The van der Waals surface area contributed by atoms with Gasteiger partial charge in [0.05, 0.1) is 30.8 Å². The molecule has 12 nitrogen and oxygen atoms in total. The van der Waals surface area contributed by atoms with Crippen molar-refractivity contribution in [1.82, 2.24) is 4.90 Å². The smallest absolute Gasteiger partial charge is 0.306 e. The monoisotopic (exact) mass is 862 g/mol. The van der Waals surface area contributed by atoms with Gasteiger partial charge in [0.15, 0.2) is 24.1 Å². The first-order valence-electron chi connectivity index (χ1n) is 23.5. The van der Waals surface area contributed by atoms with E-state index in [0.29, 0.717) is 37.3 Å². The molecule has 5 fully saturated rings. The van der Waals surface area contributed by atoms with Crippen LogP contribution >= 0.6 is 0 Å². The minimum atomic E-state index is -0.689. The van der Waals surface area contributed by atoms with E-state index in [9.17, 15) is 4.79 Å². The van der Waals surface area contributed by atoms with Crippen LogP contribution in [0.4, 0.5) is 0 Å². The highest BCUT2D eigenvalue weighted by molar-refractivity contribution is 6.24. The molecule has 1 aromatic carbocycles. The number of cyclic esters (lactones) is 1. The number of fused-ring (bicyclic) bond motifs is 8. The second-order valence-corrected chi connectivity index (χ2v) is 19.5. The normalized spacial score (nSPS) is 43.7. The predicted octanol–water partition coefficient (Wildman–Crippen LogP) is 6.83. The molecule has 0 amide bonds. The fourth-order valence-electron chi connectivity index (χ4n) is 13.0. The number of ketones is 2. The van der Waals surface area contributed by atoms with Gasteiger partial charge in [0, 0.05) is 50.7 Å². The molecule has 0 N–H and O–H groups in total. The molecule has 0 spiro atoms. The zero-order chi connectivity index (χ0) is 44.0. The molecule has 0 aromatic heterocycles. The average Bonchev–Trinajstić information content (AvgIpc) is 3.95. The predicted molar refractivity (Wildman–Crippen MR) is 231 cm³/mol. The zero-order valence-electron chi connectivity index (χ0n) is 38.3. The quantitative estimate of drug-likeness (QED) is 0.229. The highest BCUT2D eigenvalue weighted by Crippen LogP contribution is 2.63. The van der Waals surface area contributed by atoms with Crippen LogP contribution in [0.25, 0.3) is 5.57 Å². The number of hydrogen-bond donors (Lipinski definition) is 0. The van der Waals surface area contributed by atoms with Crippen LogP contribution < -0.4 is 0 Å². The Hall–Kier alpha value is -2.81. The molecule has 2 saturated carbocycles. The number of carbonyl (C=O) groups excluding carboxylic acids is 3. The Morgan fingerprint density at radius 1 is 0.758 bits per heavy atom. The lowest BCUT2D eigenvalue weighted by atomic mass is 9.57. The Morgan fingerprint density at radius 3 is 2.13 bits per heavy atom. The van der Waals surface area contributed by atoms with Crippen molar-refractivity contribution in [3.05, 3.63) is 53.6 Å². The topological polar surface area (TPSA) is 128 Å². The lowest BCUT2D eigenvalue weighted by Gasteiger charge is -2.45. The Morgan fingerprint density at radius 2 is 1.47 bits per heavy atom. The molecule has 3 saturated heterocycles. The van der Waals surface area contributed by atoms with Gasteiger partial charge in [-0.05, 0) is 120 Å². The van der Waals surface area contributed by atoms with Gasteiger partial charge in [-0.3, -0.25) is 14.4 Å². The van der Waals surface area contributed by atoms with Gasteiger partial charge in [-0.25, -0.2) is 0 Å². The molecule has 1 aromatic rings. The summed E-state index contributed by atoms with van der Waals surface area (Å²) in [6.45, 7) is 8.10. The molecule has 3 aliphatic heterocycles. The number of likely N-dealkylation sites (N-methyl/N-ethyl adjacent to an activating group) is 1. The van der Waals surface area contributed by atoms with Gasteiger partial charge in [-0.2, -0.15) is 0 Å². The average molecular weight is 862 g/mol. The summed E-state index contributed by atoms with van der Waals surface area (Å²) in [5, 5.41) is 0. The molecule has 3 heterocycles. The number of nitrogens with zero attached hydrogens (tertiary/aromatic N) is 1. The first-order valence-corrected chi connectivity index (χ1v) is 23.5. The van der Waals surface area contributed by atoms with Crippen molar-refractivity contribution in [3.8, 4) is 0 Å². The Kier molecular flexibility index (Phi) is 14.3. The van der Waals surface area contributed by atoms with E-state index in [1.807, 2.05) is 44.2 Å². The third-order valence-electron chi connectivity index (χ3n) is 16.0. The van der Waals surface area contributed by atoms with E-state index in [-0.39, 0.29) is 90.2 Å². The first kappa shape index (κ1) is 45.7. The molecule has 0 bridgehead atoms. The third kappa shape index (κ3) is 8.68. The SMILES string of the molecule is CC[C@H]1CCC[C@H](O[C@H]2CC[C@H](N(C)C)[C@@H](C)O2)[C@@H](C)C(=O)C2=C[C@H]3[C@@H]4C[C@H](O[C@@H]5O[C@@H](C)[C@H](OC)[C@@H](OC)[C@H]5OC)C[C@H]4C4C=C(c5ccccc5)C(=O)C4[C@H]3[C@@H]2CC(=O)O1. The lowest BCUT2D eigenvalue weighted by molar-refractivity contribution is -0.314. The van der Waals surface area contributed by atoms with Gasteiger partial charge in [0.25, 0.3) is 0 Å². The van der Waals surface area contributed by atoms with Crippen molar-refractivity contribution in [1.29, 1.82) is 0 Å². The summed E-state index contributed by atoms with van der Waals surface area (Å²) >= 11 is 0. The number of allylic oxidation sites excluding steroid dienone is 4. The Labute approximate surface area is 368 Å². The van der Waals surface area contributed by atoms with Gasteiger partial charge in [-0.1, -0.05) is 56.3 Å². The number of esters is 1. The molecule has 2 unspecified atom stereocenters. The summed E-state index contributed by atoms with van der Waals surface area (Å²) in [6, 6.07) is 10.2. The minimum absolute atomic E-state index is 0.00346. The van der Waals surface area contributed by atoms with E-state index in [2.05, 4.69) is 45.0 Å². The maximum Gasteiger partial charge on any atom is 0.306 e. The highest BCUT2D eigenvalue weighted by Gasteiger charge is 2.62. The van der Waals surface area contributed by atoms with Crippen LogP contribution in [0.3, 0.4) is 0 Å². The van der Waals surface area contributed by atoms with E-state index in [0.717, 1.165) is 36.8 Å². The van der Waals surface area contributed by atoms with Gasteiger partial charge < -0.3 is 42.8 Å². The molecular weight excluding hydrogens is 791 g/mol. The summed E-state index contributed by atoms with van der Waals surface area (Å²) in [6.07, 6.45) is 6.90. The number of benzene rings is 1. The minimum Gasteiger partial charge on any atom is -0.462 e. The van der Waals surface area contributed by atoms with Crippen molar-refractivity contribution in [3.63, 3.8) is 0 Å². The second kappa shape index (κ2) is 19.3. The van der Waals surface area contributed by atoms with Crippen molar-refractivity contribution in [2.75, 3.05) is 35.4 Å². The van der Waals surface area contributed by atoms with Crippen molar-refractivity contribution < 1.29 is 52.3 Å². The van der Waals surface area contributed by atoms with E-state index >= 15 is 9.59 Å². The fourth-order valence-corrected chi connectivity index (χ4v) is 13.0. The maximum atomic E-state index is 15.2. The number of carbonyl (C=O) groups is 3. The van der Waals surface area contributed by atoms with E-state index in [1.165, 1.54) is 0 Å². The van der Waals surface area contributed by atoms with Crippen LogP contribution in [0.15, 0.2) is 48.1 Å². The van der Waals surface area contributed by atoms with E-state index < -0.39 is 42.5 Å². The Bertz CT molecular complexity index is 1820. The summed E-state index contributed by atoms with van der Waals surface area (Å²) in [4.78, 5) is 46.6. The lowest BCUT2D eigenvalue weighted by Crippen LogP contribution is -2.59. The van der Waals surface area contributed by atoms with Crippen LogP contribution in [0.1, 0.15) is 91.0 Å². The van der Waals surface area contributed by atoms with Crippen LogP contribution in [-0.2, 0) is 52.3 Å². The molecule has 12 heteroatoms.